The van der Waals surface area contributed by atoms with Gasteiger partial charge in [0.05, 0.1) is 5.69 Å². The Bertz CT molecular complexity index is 1170. The predicted molar refractivity (Wildman–Crippen MR) is 129 cm³/mol. The number of ether oxygens (including phenoxy) is 2. The average molecular weight is 463 g/mol. The van der Waals surface area contributed by atoms with Gasteiger partial charge in [0.1, 0.15) is 13.2 Å². The van der Waals surface area contributed by atoms with E-state index in [-0.39, 0.29) is 5.91 Å². The van der Waals surface area contributed by atoms with E-state index < -0.39 is 0 Å². The molecule has 9 heteroatoms. The smallest absolute Gasteiger partial charge is 0.224 e. The molecule has 0 aliphatic carbocycles. The quantitative estimate of drug-likeness (QED) is 0.598. The molecule has 4 heterocycles. The summed E-state index contributed by atoms with van der Waals surface area (Å²) in [6, 6.07) is 9.43. The molecule has 2 aromatic heterocycles. The van der Waals surface area contributed by atoms with E-state index in [2.05, 4.69) is 25.5 Å². The van der Waals surface area contributed by atoms with Crippen molar-refractivity contribution in [3.8, 4) is 17.3 Å². The fourth-order valence-corrected chi connectivity index (χ4v) is 4.57. The summed E-state index contributed by atoms with van der Waals surface area (Å²) in [5.41, 5.74) is 3.62. The van der Waals surface area contributed by atoms with Crippen LogP contribution in [-0.4, -0.2) is 52.2 Å². The Labute approximate surface area is 199 Å². The topological polar surface area (TPSA) is 94.4 Å². The third kappa shape index (κ3) is 4.69. The lowest BCUT2D eigenvalue weighted by Crippen LogP contribution is -2.30. The maximum absolute atomic E-state index is 12.6. The average Bonchev–Trinajstić information content (AvgIpc) is 3.16. The van der Waals surface area contributed by atoms with Crippen LogP contribution in [0.2, 0.25) is 0 Å². The van der Waals surface area contributed by atoms with Crippen LogP contribution < -0.4 is 19.7 Å². The number of aromatic nitrogens is 4. The van der Waals surface area contributed by atoms with E-state index >= 15 is 0 Å². The minimum Gasteiger partial charge on any atom is -0.486 e. The molecule has 5 rings (SSSR count). The van der Waals surface area contributed by atoms with Gasteiger partial charge in [-0.3, -0.25) is 4.79 Å². The Kier molecular flexibility index (Phi) is 6.33. The van der Waals surface area contributed by atoms with Crippen LogP contribution in [0.5, 0.6) is 11.5 Å². The van der Waals surface area contributed by atoms with Gasteiger partial charge in [-0.15, -0.1) is 10.2 Å². The van der Waals surface area contributed by atoms with Crippen LogP contribution in [0.15, 0.2) is 30.3 Å². The van der Waals surface area contributed by atoms with E-state index in [9.17, 15) is 4.79 Å². The highest BCUT2D eigenvalue weighted by Gasteiger charge is 2.18. The molecule has 9 nitrogen and oxygen atoms in total. The number of benzene rings is 1. The van der Waals surface area contributed by atoms with Gasteiger partial charge in [0.15, 0.2) is 23.1 Å². The Balaban J connectivity index is 1.23. The number of amides is 1. The molecule has 0 saturated carbocycles. The second-order valence-electron chi connectivity index (χ2n) is 8.77. The van der Waals surface area contributed by atoms with Crippen LogP contribution in [0.25, 0.3) is 5.82 Å². The number of anilines is 2. The van der Waals surface area contributed by atoms with Crippen LogP contribution in [0, 0.1) is 13.8 Å². The molecule has 178 valence electrons. The molecule has 0 spiro atoms. The third-order valence-electron chi connectivity index (χ3n) is 6.40. The maximum Gasteiger partial charge on any atom is 0.224 e. The summed E-state index contributed by atoms with van der Waals surface area (Å²) >= 11 is 0. The lowest BCUT2D eigenvalue weighted by Gasteiger charge is -2.27. The summed E-state index contributed by atoms with van der Waals surface area (Å²) in [5, 5.41) is 16.5. The van der Waals surface area contributed by atoms with Crippen molar-refractivity contribution in [2.45, 2.75) is 46.0 Å². The molecular formula is C25H30N6O3. The molecule has 0 unspecified atom stereocenters. The Hall–Kier alpha value is -3.62. The molecule has 34 heavy (non-hydrogen) atoms. The van der Waals surface area contributed by atoms with Gasteiger partial charge in [0.2, 0.25) is 5.91 Å². The number of carbonyl (C=O) groups is 1. The highest BCUT2D eigenvalue weighted by Crippen LogP contribution is 2.32. The van der Waals surface area contributed by atoms with Gasteiger partial charge in [-0.1, -0.05) is 0 Å². The Morgan fingerprint density at radius 1 is 0.971 bits per heavy atom. The van der Waals surface area contributed by atoms with Gasteiger partial charge < -0.3 is 19.7 Å². The zero-order valence-corrected chi connectivity index (χ0v) is 19.7. The fraction of sp³-hybridized carbons (Fsp3) is 0.440. The van der Waals surface area contributed by atoms with E-state index in [1.807, 2.05) is 42.8 Å². The summed E-state index contributed by atoms with van der Waals surface area (Å²) in [4.78, 5) is 14.9. The first-order valence-electron chi connectivity index (χ1n) is 11.9. The first kappa shape index (κ1) is 22.2. The molecule has 1 N–H and O–H groups in total. The zero-order chi connectivity index (χ0) is 23.5. The van der Waals surface area contributed by atoms with Gasteiger partial charge in [0.25, 0.3) is 0 Å². The number of nitrogens with zero attached hydrogens (tertiary/aromatic N) is 5. The summed E-state index contributed by atoms with van der Waals surface area (Å²) in [5.74, 6) is 2.91. The molecule has 1 fully saturated rings. The predicted octanol–water partition coefficient (Wildman–Crippen LogP) is 3.61. The van der Waals surface area contributed by atoms with Gasteiger partial charge in [-0.2, -0.15) is 5.10 Å². The molecule has 1 aromatic carbocycles. The molecule has 2 aliphatic heterocycles. The third-order valence-corrected chi connectivity index (χ3v) is 6.40. The summed E-state index contributed by atoms with van der Waals surface area (Å²) < 4.78 is 12.9. The number of fused-ring (bicyclic) bond motifs is 1. The number of nitrogens with one attached hydrogen (secondary N) is 1. The largest absolute Gasteiger partial charge is 0.486 e. The van der Waals surface area contributed by atoms with Gasteiger partial charge in [-0.05, 0) is 69.4 Å². The molecule has 1 saturated heterocycles. The normalized spacial score (nSPS) is 15.3. The van der Waals surface area contributed by atoms with Crippen LogP contribution in [0.4, 0.5) is 11.5 Å². The van der Waals surface area contributed by atoms with Crippen molar-refractivity contribution >= 4 is 17.4 Å². The summed E-state index contributed by atoms with van der Waals surface area (Å²) in [7, 11) is 0. The highest BCUT2D eigenvalue weighted by molar-refractivity contribution is 5.91. The van der Waals surface area contributed by atoms with Crippen molar-refractivity contribution < 1.29 is 14.3 Å². The van der Waals surface area contributed by atoms with E-state index in [0.29, 0.717) is 49.1 Å². The molecule has 0 atom stereocenters. The summed E-state index contributed by atoms with van der Waals surface area (Å²) in [6.07, 6.45) is 4.62. The number of aryl methyl sites for hydroxylation is 1. The highest BCUT2D eigenvalue weighted by atomic mass is 16.6. The van der Waals surface area contributed by atoms with Crippen molar-refractivity contribution in [3.05, 3.63) is 47.3 Å². The van der Waals surface area contributed by atoms with Crippen molar-refractivity contribution in [1.82, 2.24) is 20.0 Å². The molecule has 2 aliphatic rings. The molecule has 1 amide bonds. The van der Waals surface area contributed by atoms with Crippen molar-refractivity contribution in [2.75, 3.05) is 36.5 Å². The molecule has 0 radical (unpaired) electrons. The van der Waals surface area contributed by atoms with E-state index in [1.54, 1.807) is 6.07 Å². The number of piperidine rings is 1. The number of hydrogen-bond acceptors (Lipinski definition) is 7. The van der Waals surface area contributed by atoms with Crippen molar-refractivity contribution in [2.24, 2.45) is 0 Å². The van der Waals surface area contributed by atoms with Crippen LogP contribution in [0.3, 0.4) is 0 Å². The van der Waals surface area contributed by atoms with Gasteiger partial charge in [0, 0.05) is 37.0 Å². The van der Waals surface area contributed by atoms with Crippen molar-refractivity contribution in [3.63, 3.8) is 0 Å². The first-order chi connectivity index (χ1) is 16.6. The van der Waals surface area contributed by atoms with E-state index in [4.69, 9.17) is 9.47 Å². The number of carbonyl (C=O) groups excluding carboxylic acids is 1. The maximum atomic E-state index is 12.6. The molecular weight excluding hydrogens is 432 g/mol. The van der Waals surface area contributed by atoms with Crippen LogP contribution in [0.1, 0.15) is 42.6 Å². The minimum absolute atomic E-state index is 0.0612. The second kappa shape index (κ2) is 9.70. The SMILES string of the molecule is Cc1nn(-c2ccc(N3CCCCC3)nn2)c(C)c1CCC(=O)Nc1ccc2c(c1)OCCO2. The van der Waals surface area contributed by atoms with E-state index in [0.717, 1.165) is 35.9 Å². The first-order valence-corrected chi connectivity index (χ1v) is 11.9. The van der Waals surface area contributed by atoms with Gasteiger partial charge in [-0.25, -0.2) is 4.68 Å². The lowest BCUT2D eigenvalue weighted by atomic mass is 10.1. The van der Waals surface area contributed by atoms with Crippen molar-refractivity contribution in [1.29, 1.82) is 0 Å². The van der Waals surface area contributed by atoms with Gasteiger partial charge >= 0.3 is 0 Å². The fourth-order valence-electron chi connectivity index (χ4n) is 4.57. The van der Waals surface area contributed by atoms with Crippen LogP contribution >= 0.6 is 0 Å². The second-order valence-corrected chi connectivity index (χ2v) is 8.77. The summed E-state index contributed by atoms with van der Waals surface area (Å²) in [6.45, 7) is 7.09. The molecule has 3 aromatic rings. The monoisotopic (exact) mass is 462 g/mol. The van der Waals surface area contributed by atoms with Crippen LogP contribution in [-0.2, 0) is 11.2 Å². The van der Waals surface area contributed by atoms with E-state index in [1.165, 1.54) is 19.3 Å². The number of rotatable bonds is 6. The molecule has 0 bridgehead atoms. The Morgan fingerprint density at radius 2 is 1.71 bits per heavy atom. The Morgan fingerprint density at radius 3 is 2.47 bits per heavy atom. The number of hydrogen-bond donors (Lipinski definition) is 1. The minimum atomic E-state index is -0.0612. The zero-order valence-electron chi connectivity index (χ0n) is 19.7. The standard InChI is InChI=1S/C25H30N6O3/c1-17-20(7-11-25(32)26-19-6-8-21-22(16-19)34-15-14-33-21)18(2)31(29-17)24-10-9-23(27-28-24)30-12-4-3-5-13-30/h6,8-10,16H,3-5,7,11-15H2,1-2H3,(H,26,32). The lowest BCUT2D eigenvalue weighted by molar-refractivity contribution is -0.116.